The zero-order valence-electron chi connectivity index (χ0n) is 10.2. The molecule has 1 N–H and O–H groups in total. The Morgan fingerprint density at radius 1 is 1.56 bits per heavy atom. The summed E-state index contributed by atoms with van der Waals surface area (Å²) in [4.78, 5) is 7.76. The molecule has 0 aromatic carbocycles. The lowest BCUT2D eigenvalue weighted by molar-refractivity contribution is 0.367. The zero-order valence-corrected chi connectivity index (χ0v) is 10.2. The van der Waals surface area contributed by atoms with Gasteiger partial charge in [-0.25, -0.2) is 4.98 Å². The molecule has 0 fully saturated rings. The molecule has 0 spiro atoms. The summed E-state index contributed by atoms with van der Waals surface area (Å²) < 4.78 is 19.7. The largest absolute Gasteiger partial charge is 0.479 e. The molecule has 1 unspecified atom stereocenters. The van der Waals surface area contributed by atoms with E-state index in [0.29, 0.717) is 12.5 Å². The van der Waals surface area contributed by atoms with E-state index in [2.05, 4.69) is 20.4 Å². The van der Waals surface area contributed by atoms with Crippen molar-refractivity contribution in [2.45, 2.75) is 19.5 Å². The van der Waals surface area contributed by atoms with Crippen LogP contribution in [0, 0.1) is 5.82 Å². The molecule has 2 aromatic rings. The second-order valence-corrected chi connectivity index (χ2v) is 3.82. The van der Waals surface area contributed by atoms with Gasteiger partial charge in [-0.3, -0.25) is 4.68 Å². The van der Waals surface area contributed by atoms with Gasteiger partial charge in [0.15, 0.2) is 0 Å². The van der Waals surface area contributed by atoms with Gasteiger partial charge in [-0.2, -0.15) is 14.5 Å². The van der Waals surface area contributed by atoms with E-state index in [4.69, 9.17) is 4.74 Å². The van der Waals surface area contributed by atoms with Crippen LogP contribution in [0.4, 0.5) is 10.3 Å². The summed E-state index contributed by atoms with van der Waals surface area (Å²) in [7, 11) is 1.36. The minimum atomic E-state index is -0.581. The monoisotopic (exact) mass is 251 g/mol. The molecule has 6 nitrogen and oxygen atoms in total. The number of rotatable bonds is 5. The summed E-state index contributed by atoms with van der Waals surface area (Å²) in [6.45, 7) is 2.62. The lowest BCUT2D eigenvalue weighted by Gasteiger charge is -2.14. The predicted octanol–water partition coefficient (Wildman–Crippen LogP) is 1.32. The molecule has 2 rings (SSSR count). The topological polar surface area (TPSA) is 64.9 Å². The third kappa shape index (κ3) is 2.93. The Kier molecular flexibility index (Phi) is 3.71. The molecular formula is C11H14FN5O. The van der Waals surface area contributed by atoms with Crippen molar-refractivity contribution in [2.24, 2.45) is 0 Å². The lowest BCUT2D eigenvalue weighted by atomic mass is 10.3. The molecule has 0 amide bonds. The molecular weight excluding hydrogens is 237 g/mol. The number of methoxy groups -OCH3 is 1. The molecule has 2 aromatic heterocycles. The van der Waals surface area contributed by atoms with Gasteiger partial charge in [0, 0.05) is 18.4 Å². The maximum absolute atomic E-state index is 13.1. The smallest absolute Gasteiger partial charge is 0.255 e. The van der Waals surface area contributed by atoms with E-state index in [1.807, 2.05) is 19.2 Å². The third-order valence-corrected chi connectivity index (χ3v) is 2.30. The molecule has 0 aliphatic carbocycles. The van der Waals surface area contributed by atoms with Gasteiger partial charge in [0.1, 0.15) is 0 Å². The van der Waals surface area contributed by atoms with Crippen molar-refractivity contribution in [3.8, 4) is 5.88 Å². The van der Waals surface area contributed by atoms with Crippen molar-refractivity contribution in [1.82, 2.24) is 19.7 Å². The van der Waals surface area contributed by atoms with Crippen molar-refractivity contribution in [3.05, 3.63) is 30.5 Å². The van der Waals surface area contributed by atoms with Crippen LogP contribution in [0.3, 0.4) is 0 Å². The van der Waals surface area contributed by atoms with Crippen LogP contribution in [-0.4, -0.2) is 32.9 Å². The first-order valence-electron chi connectivity index (χ1n) is 5.49. The Morgan fingerprint density at radius 3 is 3.06 bits per heavy atom. The van der Waals surface area contributed by atoms with E-state index in [1.165, 1.54) is 7.11 Å². The van der Waals surface area contributed by atoms with Crippen LogP contribution < -0.4 is 10.1 Å². The van der Waals surface area contributed by atoms with Gasteiger partial charge in [0.25, 0.3) is 5.88 Å². The average molecular weight is 251 g/mol. The highest BCUT2D eigenvalue weighted by atomic mass is 19.1. The fourth-order valence-electron chi connectivity index (χ4n) is 1.52. The number of nitrogens with zero attached hydrogens (tertiary/aromatic N) is 4. The number of anilines is 1. The Morgan fingerprint density at radius 2 is 2.39 bits per heavy atom. The van der Waals surface area contributed by atoms with Crippen LogP contribution >= 0.6 is 0 Å². The molecule has 0 bridgehead atoms. The minimum Gasteiger partial charge on any atom is -0.479 e. The highest BCUT2D eigenvalue weighted by Gasteiger charge is 2.09. The molecule has 0 aliphatic heterocycles. The summed E-state index contributed by atoms with van der Waals surface area (Å²) in [6, 6.07) is 1.91. The summed E-state index contributed by atoms with van der Waals surface area (Å²) in [6.07, 6.45) is 4.66. The summed E-state index contributed by atoms with van der Waals surface area (Å²) in [5.41, 5.74) is 0. The lowest BCUT2D eigenvalue weighted by Crippen LogP contribution is -2.23. The molecule has 0 aliphatic rings. The summed E-state index contributed by atoms with van der Waals surface area (Å²) in [5.74, 6) is -0.325. The van der Waals surface area contributed by atoms with Crippen molar-refractivity contribution in [3.63, 3.8) is 0 Å². The van der Waals surface area contributed by atoms with E-state index < -0.39 is 5.82 Å². The van der Waals surface area contributed by atoms with Crippen molar-refractivity contribution >= 4 is 5.95 Å². The van der Waals surface area contributed by atoms with E-state index >= 15 is 0 Å². The maximum atomic E-state index is 13.1. The molecule has 0 radical (unpaired) electrons. The Hall–Kier alpha value is -2.18. The number of hydrogen-bond donors (Lipinski definition) is 1. The Labute approximate surface area is 104 Å². The first-order chi connectivity index (χ1) is 8.69. The number of halogens is 1. The van der Waals surface area contributed by atoms with Gasteiger partial charge in [0.2, 0.25) is 11.8 Å². The van der Waals surface area contributed by atoms with Gasteiger partial charge < -0.3 is 10.1 Å². The number of aromatic nitrogens is 4. The first-order valence-corrected chi connectivity index (χ1v) is 5.49. The van der Waals surface area contributed by atoms with Crippen LogP contribution in [0.1, 0.15) is 6.92 Å². The van der Waals surface area contributed by atoms with Crippen LogP contribution in [0.5, 0.6) is 5.88 Å². The molecule has 2 heterocycles. The third-order valence-electron chi connectivity index (χ3n) is 2.30. The fraction of sp³-hybridized carbons (Fsp3) is 0.364. The number of hydrogen-bond acceptors (Lipinski definition) is 5. The quantitative estimate of drug-likeness (QED) is 0.868. The number of nitrogens with one attached hydrogen (secondary N) is 1. The first kappa shape index (κ1) is 12.3. The van der Waals surface area contributed by atoms with Crippen molar-refractivity contribution in [1.29, 1.82) is 0 Å². The highest BCUT2D eigenvalue weighted by molar-refractivity contribution is 5.29. The molecule has 0 saturated carbocycles. The van der Waals surface area contributed by atoms with Gasteiger partial charge in [-0.15, -0.1) is 0 Å². The van der Waals surface area contributed by atoms with Gasteiger partial charge >= 0.3 is 0 Å². The zero-order chi connectivity index (χ0) is 13.0. The average Bonchev–Trinajstić information content (AvgIpc) is 2.84. The van der Waals surface area contributed by atoms with Gasteiger partial charge in [-0.1, -0.05) is 0 Å². The Bertz CT molecular complexity index is 502. The number of ether oxygens (including phenoxy) is 1. The van der Waals surface area contributed by atoms with Crippen molar-refractivity contribution < 1.29 is 9.13 Å². The van der Waals surface area contributed by atoms with Crippen molar-refractivity contribution in [2.75, 3.05) is 12.4 Å². The Balaban J connectivity index is 2.00. The van der Waals surface area contributed by atoms with E-state index in [0.717, 1.165) is 6.20 Å². The predicted molar refractivity (Wildman–Crippen MR) is 63.9 cm³/mol. The second kappa shape index (κ2) is 5.44. The van der Waals surface area contributed by atoms with Gasteiger partial charge in [0.05, 0.1) is 19.9 Å². The normalized spacial score (nSPS) is 12.2. The van der Waals surface area contributed by atoms with Crippen LogP contribution in [0.2, 0.25) is 0 Å². The standard InChI is InChI=1S/C11H14FN5O/c1-8(7-17-5-3-4-14-17)15-11-13-6-9(12)10(16-11)18-2/h3-6,8H,7H2,1-2H3,(H,13,15,16). The highest BCUT2D eigenvalue weighted by Crippen LogP contribution is 2.14. The van der Waals surface area contributed by atoms with Crippen LogP contribution in [-0.2, 0) is 6.54 Å². The van der Waals surface area contributed by atoms with E-state index in [-0.39, 0.29) is 11.9 Å². The molecule has 7 heteroatoms. The fourth-order valence-corrected chi connectivity index (χ4v) is 1.52. The minimum absolute atomic E-state index is 0.0556. The molecule has 18 heavy (non-hydrogen) atoms. The van der Waals surface area contributed by atoms with Crippen LogP contribution in [0.15, 0.2) is 24.7 Å². The SMILES string of the molecule is COc1nc(NC(C)Cn2cccn2)ncc1F. The van der Waals surface area contributed by atoms with E-state index in [1.54, 1.807) is 10.9 Å². The summed E-state index contributed by atoms with van der Waals surface area (Å²) in [5, 5.41) is 7.15. The van der Waals surface area contributed by atoms with Crippen LogP contribution in [0.25, 0.3) is 0 Å². The van der Waals surface area contributed by atoms with Gasteiger partial charge in [-0.05, 0) is 13.0 Å². The molecule has 96 valence electrons. The van der Waals surface area contributed by atoms with E-state index in [9.17, 15) is 4.39 Å². The molecule has 0 saturated heterocycles. The molecule has 1 atom stereocenters. The summed E-state index contributed by atoms with van der Waals surface area (Å²) >= 11 is 0. The second-order valence-electron chi connectivity index (χ2n) is 3.82. The maximum Gasteiger partial charge on any atom is 0.255 e.